The molecule has 0 saturated heterocycles. The van der Waals surface area contributed by atoms with E-state index >= 15 is 0 Å². The fraction of sp³-hybridized carbons (Fsp3) is 0.353. The fourth-order valence-electron chi connectivity index (χ4n) is 2.16. The summed E-state index contributed by atoms with van der Waals surface area (Å²) in [5.74, 6) is 0.134. The van der Waals surface area contributed by atoms with Gasteiger partial charge in [0.1, 0.15) is 11.3 Å². The molecule has 0 saturated carbocycles. The molecule has 0 amide bonds. The van der Waals surface area contributed by atoms with Crippen molar-refractivity contribution in [3.8, 4) is 5.75 Å². The highest BCUT2D eigenvalue weighted by Gasteiger charge is 2.24. The molecule has 0 aliphatic heterocycles. The van der Waals surface area contributed by atoms with E-state index in [2.05, 4.69) is 21.1 Å². The molecule has 2 rings (SSSR count). The third-order valence-electron chi connectivity index (χ3n) is 3.43. The van der Waals surface area contributed by atoms with Gasteiger partial charge in [-0.2, -0.15) is 0 Å². The summed E-state index contributed by atoms with van der Waals surface area (Å²) in [5.41, 5.74) is 1.15. The monoisotopic (exact) mass is 395 g/mol. The first-order valence-electron chi connectivity index (χ1n) is 7.35. The Morgan fingerprint density at radius 2 is 2.04 bits per heavy atom. The van der Waals surface area contributed by atoms with Gasteiger partial charge in [-0.05, 0) is 41.1 Å². The molecule has 0 aliphatic carbocycles. The summed E-state index contributed by atoms with van der Waals surface area (Å²) in [6.07, 6.45) is 0. The largest absolute Gasteiger partial charge is 0.496 e. The molecule has 6 nitrogen and oxygen atoms in total. The molecule has 7 heteroatoms. The van der Waals surface area contributed by atoms with Crippen LogP contribution in [0.15, 0.2) is 27.2 Å². The van der Waals surface area contributed by atoms with Crippen LogP contribution in [0.5, 0.6) is 5.75 Å². The molecule has 24 heavy (non-hydrogen) atoms. The highest BCUT2D eigenvalue weighted by Crippen LogP contribution is 2.26. The lowest BCUT2D eigenvalue weighted by atomic mass is 10.1. The lowest BCUT2D eigenvalue weighted by molar-refractivity contribution is 0.0471. The molecule has 128 valence electrons. The third kappa shape index (κ3) is 3.84. The number of methoxy groups -OCH3 is 1. The van der Waals surface area contributed by atoms with Gasteiger partial charge in [-0.25, -0.2) is 4.79 Å². The number of carbonyl (C=O) groups excluding carboxylic acids is 2. The minimum absolute atomic E-state index is 0.0120. The maximum atomic E-state index is 12.3. The minimum Gasteiger partial charge on any atom is -0.496 e. The van der Waals surface area contributed by atoms with Crippen molar-refractivity contribution < 1.29 is 23.6 Å². The first-order valence-corrected chi connectivity index (χ1v) is 8.14. The van der Waals surface area contributed by atoms with E-state index in [0.29, 0.717) is 27.2 Å². The van der Waals surface area contributed by atoms with E-state index in [1.807, 2.05) is 13.8 Å². The van der Waals surface area contributed by atoms with Gasteiger partial charge in [0.15, 0.2) is 18.2 Å². The Labute approximate surface area is 148 Å². The highest BCUT2D eigenvalue weighted by atomic mass is 79.9. The molecule has 0 spiro atoms. The first kappa shape index (κ1) is 18.2. The lowest BCUT2D eigenvalue weighted by Gasteiger charge is -2.08. The standard InChI is InChI=1S/C17H18BrNO5/c1-9(2)16-15(10(3)19-24-16)17(21)23-8-13(20)11-5-6-14(22-4)12(18)7-11/h5-7,9H,8H2,1-4H3. The number of Topliss-reactive ketones (excluding diaryl/α,β-unsaturated/α-hetero) is 1. The van der Waals surface area contributed by atoms with Gasteiger partial charge in [-0.1, -0.05) is 19.0 Å². The predicted octanol–water partition coefficient (Wildman–Crippen LogP) is 3.92. The number of esters is 1. The topological polar surface area (TPSA) is 78.6 Å². The second-order valence-electron chi connectivity index (χ2n) is 5.51. The van der Waals surface area contributed by atoms with Crippen LogP contribution >= 0.6 is 15.9 Å². The summed E-state index contributed by atoms with van der Waals surface area (Å²) < 4.78 is 16.1. The maximum Gasteiger partial charge on any atom is 0.344 e. The minimum atomic E-state index is -0.613. The lowest BCUT2D eigenvalue weighted by Crippen LogP contribution is -2.16. The Morgan fingerprint density at radius 3 is 2.62 bits per heavy atom. The number of halogens is 1. The number of carbonyl (C=O) groups is 2. The van der Waals surface area contributed by atoms with Crippen molar-refractivity contribution in [3.63, 3.8) is 0 Å². The number of rotatable bonds is 6. The molecular formula is C17H18BrNO5. The van der Waals surface area contributed by atoms with Gasteiger partial charge in [0.2, 0.25) is 0 Å². The van der Waals surface area contributed by atoms with E-state index in [4.69, 9.17) is 14.0 Å². The van der Waals surface area contributed by atoms with Crippen LogP contribution in [-0.4, -0.2) is 30.6 Å². The Bertz CT molecular complexity index is 766. The number of benzene rings is 1. The van der Waals surface area contributed by atoms with Gasteiger partial charge >= 0.3 is 5.97 Å². The number of nitrogens with zero attached hydrogens (tertiary/aromatic N) is 1. The molecule has 2 aromatic rings. The molecule has 0 radical (unpaired) electrons. The van der Waals surface area contributed by atoms with Crippen LogP contribution in [0, 0.1) is 6.92 Å². The Balaban J connectivity index is 2.08. The van der Waals surface area contributed by atoms with Gasteiger partial charge in [0.25, 0.3) is 0 Å². The summed E-state index contributed by atoms with van der Waals surface area (Å²) in [6.45, 7) is 5.07. The average molecular weight is 396 g/mol. The van der Waals surface area contributed by atoms with E-state index < -0.39 is 5.97 Å². The first-order chi connectivity index (χ1) is 11.3. The number of ketones is 1. The van der Waals surface area contributed by atoms with Crippen LogP contribution in [0.2, 0.25) is 0 Å². The van der Waals surface area contributed by atoms with Crippen LogP contribution < -0.4 is 4.74 Å². The second-order valence-corrected chi connectivity index (χ2v) is 6.36. The normalized spacial score (nSPS) is 10.8. The Kier molecular flexibility index (Phi) is 5.77. The summed E-state index contributed by atoms with van der Waals surface area (Å²) in [6, 6.07) is 4.91. The zero-order valence-electron chi connectivity index (χ0n) is 13.9. The summed E-state index contributed by atoms with van der Waals surface area (Å²) in [7, 11) is 1.54. The maximum absolute atomic E-state index is 12.3. The van der Waals surface area contributed by atoms with E-state index in [1.165, 1.54) is 7.11 Å². The van der Waals surface area contributed by atoms with Gasteiger partial charge in [0.05, 0.1) is 17.3 Å². The fourth-order valence-corrected chi connectivity index (χ4v) is 2.70. The van der Waals surface area contributed by atoms with Crippen molar-refractivity contribution in [2.24, 2.45) is 0 Å². The zero-order valence-corrected chi connectivity index (χ0v) is 15.5. The van der Waals surface area contributed by atoms with Crippen molar-refractivity contribution >= 4 is 27.7 Å². The van der Waals surface area contributed by atoms with Crippen LogP contribution in [-0.2, 0) is 4.74 Å². The van der Waals surface area contributed by atoms with Gasteiger partial charge < -0.3 is 14.0 Å². The summed E-state index contributed by atoms with van der Waals surface area (Å²) in [4.78, 5) is 24.4. The molecule has 0 fully saturated rings. The van der Waals surface area contributed by atoms with Crippen LogP contribution in [0.1, 0.15) is 51.9 Å². The van der Waals surface area contributed by atoms with Gasteiger partial charge in [-0.15, -0.1) is 0 Å². The SMILES string of the molecule is COc1ccc(C(=O)COC(=O)c2c(C)noc2C(C)C)cc1Br. The van der Waals surface area contributed by atoms with Crippen molar-refractivity contribution in [3.05, 3.63) is 45.3 Å². The summed E-state index contributed by atoms with van der Waals surface area (Å²) >= 11 is 3.32. The molecule has 0 atom stereocenters. The zero-order chi connectivity index (χ0) is 17.9. The molecule has 0 aliphatic rings. The predicted molar refractivity (Wildman–Crippen MR) is 90.6 cm³/mol. The second kappa shape index (κ2) is 7.61. The van der Waals surface area contributed by atoms with Crippen molar-refractivity contribution in [2.45, 2.75) is 26.7 Å². The molecule has 0 unspecified atom stereocenters. The number of hydrogen-bond acceptors (Lipinski definition) is 6. The quantitative estimate of drug-likeness (QED) is 0.544. The van der Waals surface area contributed by atoms with Crippen molar-refractivity contribution in [1.82, 2.24) is 5.16 Å². The Hall–Kier alpha value is -2.15. The molecule has 1 aromatic heterocycles. The van der Waals surface area contributed by atoms with E-state index in [0.717, 1.165) is 0 Å². The smallest absolute Gasteiger partial charge is 0.344 e. The molecule has 0 bridgehead atoms. The van der Waals surface area contributed by atoms with Crippen molar-refractivity contribution in [2.75, 3.05) is 13.7 Å². The Morgan fingerprint density at radius 1 is 1.33 bits per heavy atom. The third-order valence-corrected chi connectivity index (χ3v) is 4.05. The van der Waals surface area contributed by atoms with E-state index in [-0.39, 0.29) is 23.9 Å². The van der Waals surface area contributed by atoms with Crippen LogP contribution in [0.4, 0.5) is 0 Å². The summed E-state index contributed by atoms with van der Waals surface area (Å²) in [5, 5.41) is 3.79. The highest BCUT2D eigenvalue weighted by molar-refractivity contribution is 9.10. The average Bonchev–Trinajstić information content (AvgIpc) is 2.94. The van der Waals surface area contributed by atoms with Gasteiger partial charge in [0, 0.05) is 11.5 Å². The van der Waals surface area contributed by atoms with Gasteiger partial charge in [-0.3, -0.25) is 4.79 Å². The van der Waals surface area contributed by atoms with E-state index in [9.17, 15) is 9.59 Å². The van der Waals surface area contributed by atoms with E-state index in [1.54, 1.807) is 25.1 Å². The molecular weight excluding hydrogens is 378 g/mol. The number of aromatic nitrogens is 1. The molecule has 0 N–H and O–H groups in total. The number of hydrogen-bond donors (Lipinski definition) is 0. The molecule has 1 heterocycles. The number of aryl methyl sites for hydroxylation is 1. The number of ether oxygens (including phenoxy) is 2. The van der Waals surface area contributed by atoms with Crippen molar-refractivity contribution in [1.29, 1.82) is 0 Å². The molecule has 1 aromatic carbocycles. The van der Waals surface area contributed by atoms with Crippen LogP contribution in [0.25, 0.3) is 0 Å². The van der Waals surface area contributed by atoms with Crippen LogP contribution in [0.3, 0.4) is 0 Å².